The van der Waals surface area contributed by atoms with Crippen LogP contribution in [0, 0.1) is 6.92 Å². The second kappa shape index (κ2) is 7.85. The van der Waals surface area contributed by atoms with E-state index in [1.54, 1.807) is 13.0 Å². The Hall–Kier alpha value is -3.12. The van der Waals surface area contributed by atoms with Crippen molar-refractivity contribution in [3.63, 3.8) is 0 Å². The third-order valence-electron chi connectivity index (χ3n) is 6.34. The van der Waals surface area contributed by atoms with E-state index in [2.05, 4.69) is 5.32 Å². The smallest absolute Gasteiger partial charge is 0.336 e. The van der Waals surface area contributed by atoms with Crippen LogP contribution >= 0.6 is 0 Å². The van der Waals surface area contributed by atoms with Gasteiger partial charge in [-0.2, -0.15) is 0 Å². The van der Waals surface area contributed by atoms with Crippen LogP contribution < -0.4 is 15.7 Å². The summed E-state index contributed by atoms with van der Waals surface area (Å²) in [6.07, 6.45) is 1.63. The molecule has 2 fully saturated rings. The lowest BCUT2D eigenvalue weighted by atomic mass is 9.98. The van der Waals surface area contributed by atoms with E-state index in [0.29, 0.717) is 23.4 Å². The molecule has 31 heavy (non-hydrogen) atoms. The van der Waals surface area contributed by atoms with E-state index in [1.165, 1.54) is 6.07 Å². The molecular weight excluding hydrogens is 392 g/mol. The average molecular weight is 418 g/mol. The van der Waals surface area contributed by atoms with Crippen molar-refractivity contribution in [2.45, 2.75) is 44.9 Å². The predicted molar refractivity (Wildman–Crippen MR) is 119 cm³/mol. The molecular formula is C25H26N2O4. The molecule has 6 nitrogen and oxygen atoms in total. The molecule has 1 N–H and O–H groups in total. The molecule has 0 saturated carbocycles. The van der Waals surface area contributed by atoms with Crippen molar-refractivity contribution in [3.8, 4) is 16.9 Å². The molecule has 3 aromatic rings. The lowest BCUT2D eigenvalue weighted by Crippen LogP contribution is -2.55. The fourth-order valence-corrected chi connectivity index (χ4v) is 4.80. The molecule has 6 heteroatoms. The minimum Gasteiger partial charge on any atom is -0.481 e. The van der Waals surface area contributed by atoms with Crippen molar-refractivity contribution >= 4 is 16.9 Å². The molecule has 2 aliphatic heterocycles. The number of likely N-dealkylation sites (tertiary alicyclic amines) is 1. The molecule has 2 unspecified atom stereocenters. The molecule has 0 aliphatic carbocycles. The normalized spacial score (nSPS) is 21.3. The van der Waals surface area contributed by atoms with Gasteiger partial charge in [-0.3, -0.25) is 4.79 Å². The fourth-order valence-electron chi connectivity index (χ4n) is 4.80. The van der Waals surface area contributed by atoms with Crippen molar-refractivity contribution < 1.29 is 13.9 Å². The maximum atomic E-state index is 12.9. The van der Waals surface area contributed by atoms with Gasteiger partial charge in [-0.25, -0.2) is 4.79 Å². The van der Waals surface area contributed by atoms with Crippen LogP contribution in [0.4, 0.5) is 0 Å². The van der Waals surface area contributed by atoms with Crippen molar-refractivity contribution in [2.75, 3.05) is 13.1 Å². The number of hydrogen-bond acceptors (Lipinski definition) is 5. The van der Waals surface area contributed by atoms with Crippen LogP contribution in [0.15, 0.2) is 57.7 Å². The second-order valence-electron chi connectivity index (χ2n) is 8.59. The van der Waals surface area contributed by atoms with Gasteiger partial charge in [-0.05, 0) is 49.9 Å². The fraction of sp³-hybridized carbons (Fsp3) is 0.360. The highest BCUT2D eigenvalue weighted by molar-refractivity contribution is 5.94. The zero-order valence-corrected chi connectivity index (χ0v) is 17.8. The summed E-state index contributed by atoms with van der Waals surface area (Å²) >= 11 is 0. The molecule has 2 saturated heterocycles. The molecule has 1 aromatic heterocycles. The maximum absolute atomic E-state index is 12.9. The minimum absolute atomic E-state index is 0.00592. The Morgan fingerprint density at radius 2 is 1.84 bits per heavy atom. The zero-order chi connectivity index (χ0) is 21.5. The molecule has 3 atom stereocenters. The first-order valence-corrected chi connectivity index (χ1v) is 10.8. The first-order chi connectivity index (χ1) is 15.0. The van der Waals surface area contributed by atoms with Gasteiger partial charge in [0.15, 0.2) is 6.10 Å². The van der Waals surface area contributed by atoms with Crippen molar-refractivity contribution in [1.82, 2.24) is 10.2 Å². The van der Waals surface area contributed by atoms with Gasteiger partial charge in [0.1, 0.15) is 11.3 Å². The maximum Gasteiger partial charge on any atom is 0.336 e. The third kappa shape index (κ3) is 3.83. The molecule has 160 valence electrons. The SMILES string of the molecule is Cc1ccccc1-c1cc(=O)oc2cc(O[C@H](C)C(=O)N3CC4CCC(C3)N4)ccc12. The monoisotopic (exact) mass is 418 g/mol. The number of nitrogens with one attached hydrogen (secondary N) is 1. The molecule has 2 aromatic carbocycles. The Labute approximate surface area is 180 Å². The van der Waals surface area contributed by atoms with Crippen molar-refractivity contribution in [1.29, 1.82) is 0 Å². The Balaban J connectivity index is 1.40. The summed E-state index contributed by atoms with van der Waals surface area (Å²) in [5, 5.41) is 4.37. The Morgan fingerprint density at radius 1 is 1.10 bits per heavy atom. The topological polar surface area (TPSA) is 71.8 Å². The number of ether oxygens (including phenoxy) is 1. The lowest BCUT2D eigenvalue weighted by molar-refractivity contribution is -0.139. The Bertz CT molecular complexity index is 1190. The summed E-state index contributed by atoms with van der Waals surface area (Å²) in [5.74, 6) is 0.505. The van der Waals surface area contributed by atoms with Gasteiger partial charge in [0.05, 0.1) is 0 Å². The van der Waals surface area contributed by atoms with Gasteiger partial charge in [0, 0.05) is 48.3 Å². The standard InChI is InChI=1S/C25H26N2O4/c1-15-5-3-4-6-20(15)22-12-24(28)31-23-11-19(9-10-21(22)23)30-16(2)25(29)27-13-17-7-8-18(14-27)26-17/h3-6,9-12,16-18,26H,7-8,13-14H2,1-2H3/t16-,17?,18?/m1/s1. The molecule has 1 amide bonds. The van der Waals surface area contributed by atoms with Crippen LogP contribution in [0.2, 0.25) is 0 Å². The first kappa shape index (κ1) is 19.8. The number of rotatable bonds is 4. The number of amides is 1. The van der Waals surface area contributed by atoms with Crippen molar-refractivity contribution in [2.24, 2.45) is 0 Å². The molecule has 5 rings (SSSR count). The van der Waals surface area contributed by atoms with E-state index < -0.39 is 11.7 Å². The van der Waals surface area contributed by atoms with Crippen LogP contribution in [-0.2, 0) is 4.79 Å². The molecule has 3 heterocycles. The molecule has 2 bridgehead atoms. The van der Waals surface area contributed by atoms with Crippen molar-refractivity contribution in [3.05, 3.63) is 64.5 Å². The molecule has 0 radical (unpaired) electrons. The number of carbonyl (C=O) groups is 1. The lowest BCUT2D eigenvalue weighted by Gasteiger charge is -2.34. The Kier molecular flexibility index (Phi) is 5.02. The van der Waals surface area contributed by atoms with Crippen LogP contribution in [-0.4, -0.2) is 42.1 Å². The number of nitrogens with zero attached hydrogens (tertiary/aromatic N) is 1. The van der Waals surface area contributed by atoms with Crippen LogP contribution in [0.5, 0.6) is 5.75 Å². The third-order valence-corrected chi connectivity index (χ3v) is 6.34. The van der Waals surface area contributed by atoms with Gasteiger partial charge >= 0.3 is 5.63 Å². The van der Waals surface area contributed by atoms with E-state index in [-0.39, 0.29) is 5.91 Å². The summed E-state index contributed by atoms with van der Waals surface area (Å²) in [5.41, 5.74) is 2.94. The highest BCUT2D eigenvalue weighted by Gasteiger charge is 2.36. The quantitative estimate of drug-likeness (QED) is 0.657. The molecule has 2 aliphatic rings. The van der Waals surface area contributed by atoms with Crippen LogP contribution in [0.1, 0.15) is 25.3 Å². The summed E-state index contributed by atoms with van der Waals surface area (Å²) in [6.45, 7) is 5.25. The Morgan fingerprint density at radius 3 is 2.58 bits per heavy atom. The summed E-state index contributed by atoms with van der Waals surface area (Å²) in [4.78, 5) is 27.0. The summed E-state index contributed by atoms with van der Waals surface area (Å²) in [7, 11) is 0. The first-order valence-electron chi connectivity index (χ1n) is 10.8. The number of piperazine rings is 1. The number of carbonyl (C=O) groups excluding carboxylic acids is 1. The predicted octanol–water partition coefficient (Wildman–Crippen LogP) is 3.50. The van der Waals surface area contributed by atoms with Gasteiger partial charge in [-0.1, -0.05) is 24.3 Å². The second-order valence-corrected chi connectivity index (χ2v) is 8.59. The van der Waals surface area contributed by atoms with E-state index in [1.807, 2.05) is 48.2 Å². The highest BCUT2D eigenvalue weighted by Crippen LogP contribution is 2.32. The number of benzene rings is 2. The van der Waals surface area contributed by atoms with E-state index in [0.717, 1.165) is 48.0 Å². The van der Waals surface area contributed by atoms with Crippen LogP contribution in [0.3, 0.4) is 0 Å². The highest BCUT2D eigenvalue weighted by atomic mass is 16.5. The zero-order valence-electron chi connectivity index (χ0n) is 17.8. The number of hydrogen-bond donors (Lipinski definition) is 1. The van der Waals surface area contributed by atoms with Gasteiger partial charge in [0.25, 0.3) is 5.91 Å². The van der Waals surface area contributed by atoms with Gasteiger partial charge in [0.2, 0.25) is 0 Å². The number of aryl methyl sites for hydroxylation is 1. The van der Waals surface area contributed by atoms with Gasteiger partial charge in [-0.15, -0.1) is 0 Å². The largest absolute Gasteiger partial charge is 0.481 e. The average Bonchev–Trinajstić information content (AvgIpc) is 3.10. The summed E-state index contributed by atoms with van der Waals surface area (Å²) in [6, 6.07) is 15.7. The molecule has 0 spiro atoms. The van der Waals surface area contributed by atoms with Gasteiger partial charge < -0.3 is 19.4 Å². The van der Waals surface area contributed by atoms with Crippen LogP contribution in [0.25, 0.3) is 22.1 Å². The van der Waals surface area contributed by atoms with E-state index >= 15 is 0 Å². The number of fused-ring (bicyclic) bond motifs is 3. The van der Waals surface area contributed by atoms with E-state index in [4.69, 9.17) is 9.15 Å². The summed E-state index contributed by atoms with van der Waals surface area (Å²) < 4.78 is 11.4. The van der Waals surface area contributed by atoms with E-state index in [9.17, 15) is 9.59 Å². The minimum atomic E-state index is -0.610.